The van der Waals surface area contributed by atoms with E-state index < -0.39 is 0 Å². The van der Waals surface area contributed by atoms with Crippen molar-refractivity contribution in [3.05, 3.63) is 18.7 Å². The summed E-state index contributed by atoms with van der Waals surface area (Å²) in [6.07, 6.45) is 5.96. The van der Waals surface area contributed by atoms with Crippen LogP contribution in [0.4, 0.5) is 0 Å². The molecule has 0 rings (SSSR count). The van der Waals surface area contributed by atoms with Crippen molar-refractivity contribution in [3.63, 3.8) is 0 Å². The Bertz CT molecular complexity index is 31.5. The molecule has 0 spiro atoms. The Balaban J connectivity index is -0.0000000575. The molecule has 0 aromatic rings. The van der Waals surface area contributed by atoms with E-state index in [0.29, 0.717) is 0 Å². The first-order valence-corrected chi connectivity index (χ1v) is 2.31. The molecule has 0 saturated carbocycles. The van der Waals surface area contributed by atoms with Gasteiger partial charge in [0.05, 0.1) is 0 Å². The molecule has 0 fully saturated rings. The van der Waals surface area contributed by atoms with Gasteiger partial charge in [-0.15, -0.1) is 0 Å². The number of nitrogens with two attached hydrogens (primary N) is 1. The second-order valence-electron chi connectivity index (χ2n) is 1.03. The van der Waals surface area contributed by atoms with Gasteiger partial charge in [0.15, 0.2) is 0 Å². The monoisotopic (exact) mass is 337 g/mol. The van der Waals surface area contributed by atoms with Gasteiger partial charge in [0, 0.05) is 0 Å². The third kappa shape index (κ3) is 81.3. The van der Waals surface area contributed by atoms with Gasteiger partial charge in [0.25, 0.3) is 0 Å². The molecule has 0 aliphatic heterocycles. The molecule has 2 heteroatoms. The fourth-order valence-corrected chi connectivity index (χ4v) is 0. The van der Waals surface area contributed by atoms with E-state index >= 15 is 0 Å². The molecule has 46 valence electrons. The smallest absolute Gasteiger partial charge is 0.580 e. The van der Waals surface area contributed by atoms with Crippen LogP contribution < -0.4 is 5.73 Å². The van der Waals surface area contributed by atoms with Gasteiger partial charge in [-0.1, -0.05) is 6.92 Å². The van der Waals surface area contributed by atoms with Crippen LogP contribution in [0.2, 0.25) is 0 Å². The van der Waals surface area contributed by atoms with E-state index in [1.807, 2.05) is 27.2 Å². The predicted octanol–water partition coefficient (Wildman–Crippen LogP) is 1.51. The van der Waals surface area contributed by atoms with E-state index in [-0.39, 0.29) is 31.1 Å². The molecule has 0 aromatic heterocycles. The molecule has 0 heterocycles. The summed E-state index contributed by atoms with van der Waals surface area (Å²) in [6.45, 7) is 5.82. The van der Waals surface area contributed by atoms with Crippen LogP contribution in [0.5, 0.6) is 0 Å². The van der Waals surface area contributed by atoms with Crippen LogP contribution in [0.1, 0.15) is 20.8 Å². The molecule has 0 aromatic carbocycles. The zero-order valence-electron chi connectivity index (χ0n) is 5.73. The third-order valence-corrected chi connectivity index (χ3v) is 0.167. The average molecular weight is 337 g/mol. The molecule has 8 heavy (non-hydrogen) atoms. The van der Waals surface area contributed by atoms with Gasteiger partial charge in [0.1, 0.15) is 0 Å². The summed E-state index contributed by atoms with van der Waals surface area (Å²) in [5.41, 5.74) is 4.72. The van der Waals surface area contributed by atoms with Gasteiger partial charge < -0.3 is 18.4 Å². The minimum absolute atomic E-state index is 0. The first kappa shape index (κ1) is 15.8. The Morgan fingerprint density at radius 2 is 1.62 bits per heavy atom. The summed E-state index contributed by atoms with van der Waals surface area (Å²) in [5.74, 6) is 0. The van der Waals surface area contributed by atoms with Gasteiger partial charge in [-0.25, -0.2) is 0 Å². The van der Waals surface area contributed by atoms with Crippen molar-refractivity contribution in [1.82, 2.24) is 0 Å². The topological polar surface area (TPSA) is 26.0 Å². The molecule has 0 amide bonds. The summed E-state index contributed by atoms with van der Waals surface area (Å²) >= 11 is 0. The third-order valence-electron chi connectivity index (χ3n) is 0.167. The fourth-order valence-electron chi connectivity index (χ4n) is 0. The van der Waals surface area contributed by atoms with E-state index in [9.17, 15) is 0 Å². The molecule has 0 aliphatic rings. The molecule has 2 N–H and O–H groups in total. The average Bonchev–Trinajstić information content (AvgIpc) is 1.69. The molecule has 1 nitrogen and oxygen atoms in total. The van der Waals surface area contributed by atoms with Gasteiger partial charge in [-0.05, 0) is 0 Å². The number of rotatable bonds is 0. The minimum Gasteiger partial charge on any atom is -0.580 e. The number of hydrogen-bond acceptors (Lipinski definition) is 1. The molecular formula is C6H13NU. The number of allylic oxidation sites excluding steroid dienone is 1. The van der Waals surface area contributed by atoms with Crippen molar-refractivity contribution < 1.29 is 31.1 Å². The summed E-state index contributed by atoms with van der Waals surface area (Å²) in [4.78, 5) is 0. The second-order valence-corrected chi connectivity index (χ2v) is 1.03. The molecular weight excluding hydrogens is 324 g/mol. The summed E-state index contributed by atoms with van der Waals surface area (Å²) in [5, 5.41) is 0. The maximum atomic E-state index is 4.72. The Morgan fingerprint density at radius 1 is 1.50 bits per heavy atom. The zero-order chi connectivity index (χ0) is 6.12. The van der Waals surface area contributed by atoms with E-state index in [2.05, 4.69) is 6.20 Å². The van der Waals surface area contributed by atoms with Crippen LogP contribution >= 0.6 is 0 Å². The van der Waals surface area contributed by atoms with Crippen molar-refractivity contribution in [2.24, 2.45) is 5.73 Å². The largest absolute Gasteiger partial charge is 2.00 e. The first-order chi connectivity index (χ1) is 3.33. The Morgan fingerprint density at radius 3 is 1.62 bits per heavy atom. The Hall–Kier alpha value is 0.592. The van der Waals surface area contributed by atoms with E-state index in [0.717, 1.165) is 0 Å². The van der Waals surface area contributed by atoms with E-state index in [1.54, 1.807) is 6.08 Å². The van der Waals surface area contributed by atoms with Gasteiger partial charge in [-0.2, -0.15) is 13.8 Å². The normalized spacial score (nSPS) is 6.88. The molecule has 0 atom stereocenters. The molecule has 0 saturated heterocycles. The summed E-state index contributed by atoms with van der Waals surface area (Å²) < 4.78 is 0. The van der Waals surface area contributed by atoms with Gasteiger partial charge in [-0.3, -0.25) is 6.08 Å². The molecule has 0 aliphatic carbocycles. The van der Waals surface area contributed by atoms with E-state index in [4.69, 9.17) is 5.73 Å². The Labute approximate surface area is 76.1 Å². The van der Waals surface area contributed by atoms with Crippen molar-refractivity contribution in [2.45, 2.75) is 20.8 Å². The van der Waals surface area contributed by atoms with Crippen molar-refractivity contribution >= 4 is 0 Å². The summed E-state index contributed by atoms with van der Waals surface area (Å²) in [7, 11) is 0. The van der Waals surface area contributed by atoms with Crippen molar-refractivity contribution in [2.75, 3.05) is 0 Å². The molecule has 0 unspecified atom stereocenters. The molecule has 0 radical (unpaired) electrons. The van der Waals surface area contributed by atoms with Crippen molar-refractivity contribution in [3.8, 4) is 0 Å². The van der Waals surface area contributed by atoms with E-state index in [1.165, 1.54) is 0 Å². The predicted molar refractivity (Wildman–Crippen MR) is 33.3 cm³/mol. The molecule has 0 bridgehead atoms. The van der Waals surface area contributed by atoms with Crippen molar-refractivity contribution in [1.29, 1.82) is 0 Å². The van der Waals surface area contributed by atoms with Crippen LogP contribution in [-0.2, 0) is 0 Å². The summed E-state index contributed by atoms with van der Waals surface area (Å²) in [6, 6.07) is 0. The fraction of sp³-hybridized carbons (Fsp3) is 0.500. The maximum Gasteiger partial charge on any atom is 2.00 e. The minimum atomic E-state index is 0. The Kier molecular flexibility index (Phi) is 50.6. The van der Waals surface area contributed by atoms with Crippen LogP contribution in [0.3, 0.4) is 0 Å². The first-order valence-electron chi connectivity index (χ1n) is 2.31. The quantitative estimate of drug-likeness (QED) is 0.526. The van der Waals surface area contributed by atoms with Gasteiger partial charge >= 0.3 is 31.1 Å². The number of hydrogen-bond donors (Lipinski definition) is 1. The van der Waals surface area contributed by atoms with Crippen LogP contribution in [0.25, 0.3) is 0 Å². The van der Waals surface area contributed by atoms with Crippen LogP contribution in [0, 0.1) is 43.7 Å². The SMILES string of the molecule is CC=[C-]N.C[CH-]C.[U+2]. The van der Waals surface area contributed by atoms with Crippen LogP contribution in [-0.4, -0.2) is 0 Å². The second kappa shape index (κ2) is 25.6. The zero-order valence-corrected chi connectivity index (χ0v) is 9.90. The van der Waals surface area contributed by atoms with Gasteiger partial charge in [0.2, 0.25) is 0 Å². The standard InChI is InChI=1S/C3H6N.C3H7.U/c1-2-3-4;1-3-2;/h2H,4H2,1H3;3H,1-2H3;/q2*-1;+2. The maximum absolute atomic E-state index is 4.72. The van der Waals surface area contributed by atoms with Crippen LogP contribution in [0.15, 0.2) is 6.08 Å².